The summed E-state index contributed by atoms with van der Waals surface area (Å²) in [7, 11) is 1.60. The molecule has 1 aliphatic heterocycles. The first-order chi connectivity index (χ1) is 10.2. The Morgan fingerprint density at radius 2 is 2.19 bits per heavy atom. The molecule has 6 nitrogen and oxygen atoms in total. The van der Waals surface area contributed by atoms with Gasteiger partial charge in [0.05, 0.1) is 25.8 Å². The normalized spacial score (nSPS) is 17.8. The van der Waals surface area contributed by atoms with Gasteiger partial charge < -0.3 is 19.6 Å². The molecule has 1 aliphatic rings. The Balaban J connectivity index is 2.05. The van der Waals surface area contributed by atoms with Crippen LogP contribution in [0.5, 0.6) is 5.75 Å². The van der Waals surface area contributed by atoms with E-state index < -0.39 is 12.0 Å². The summed E-state index contributed by atoms with van der Waals surface area (Å²) in [4.78, 5) is 16.8. The third-order valence-corrected chi connectivity index (χ3v) is 3.87. The van der Waals surface area contributed by atoms with Crippen molar-refractivity contribution in [3.05, 3.63) is 30.0 Å². The van der Waals surface area contributed by atoms with Crippen LogP contribution in [0.1, 0.15) is 11.6 Å². The van der Waals surface area contributed by atoms with Crippen molar-refractivity contribution in [2.75, 3.05) is 33.4 Å². The number of fused-ring (bicyclic) bond motifs is 1. The highest BCUT2D eigenvalue weighted by Gasteiger charge is 2.31. The molecule has 2 aromatic rings. The highest BCUT2D eigenvalue weighted by atomic mass is 16.5. The van der Waals surface area contributed by atoms with Crippen molar-refractivity contribution in [1.82, 2.24) is 9.88 Å². The molecule has 0 aliphatic carbocycles. The van der Waals surface area contributed by atoms with Crippen LogP contribution in [0.2, 0.25) is 0 Å². The summed E-state index contributed by atoms with van der Waals surface area (Å²) in [6.45, 7) is 2.37. The van der Waals surface area contributed by atoms with Gasteiger partial charge in [-0.1, -0.05) is 12.1 Å². The predicted octanol–water partition coefficient (Wildman–Crippen LogP) is 1.63. The smallest absolute Gasteiger partial charge is 0.325 e. The molecule has 6 heteroatoms. The number of ether oxygens (including phenoxy) is 2. The Hall–Kier alpha value is -2.05. The van der Waals surface area contributed by atoms with Crippen molar-refractivity contribution in [2.45, 2.75) is 6.04 Å². The second-order valence-corrected chi connectivity index (χ2v) is 5.02. The minimum absolute atomic E-state index is 0.565. The number of aromatic nitrogens is 1. The van der Waals surface area contributed by atoms with Gasteiger partial charge in [-0.05, 0) is 6.07 Å². The van der Waals surface area contributed by atoms with E-state index in [-0.39, 0.29) is 0 Å². The Kier molecular flexibility index (Phi) is 3.81. The number of carboxylic acid groups (broad SMARTS) is 1. The maximum absolute atomic E-state index is 11.8. The highest BCUT2D eigenvalue weighted by Crippen LogP contribution is 2.33. The quantitative estimate of drug-likeness (QED) is 0.895. The van der Waals surface area contributed by atoms with Crippen LogP contribution in [0.3, 0.4) is 0 Å². The van der Waals surface area contributed by atoms with Crippen LogP contribution in [0.4, 0.5) is 0 Å². The molecule has 3 rings (SSSR count). The minimum atomic E-state index is -0.847. The number of carboxylic acids is 1. The number of hydrogen-bond acceptors (Lipinski definition) is 4. The fourth-order valence-electron chi connectivity index (χ4n) is 2.87. The van der Waals surface area contributed by atoms with Crippen LogP contribution < -0.4 is 4.74 Å². The van der Waals surface area contributed by atoms with Crippen molar-refractivity contribution in [1.29, 1.82) is 0 Å². The number of rotatable bonds is 4. The summed E-state index contributed by atoms with van der Waals surface area (Å²) < 4.78 is 10.6. The van der Waals surface area contributed by atoms with E-state index in [1.807, 2.05) is 23.1 Å². The van der Waals surface area contributed by atoms with Crippen LogP contribution in [-0.4, -0.2) is 54.4 Å². The van der Waals surface area contributed by atoms with Gasteiger partial charge in [-0.3, -0.25) is 9.69 Å². The van der Waals surface area contributed by atoms with Crippen LogP contribution >= 0.6 is 0 Å². The van der Waals surface area contributed by atoms with Gasteiger partial charge in [0.25, 0.3) is 0 Å². The fraction of sp³-hybridized carbons (Fsp3) is 0.400. The lowest BCUT2D eigenvalue weighted by Crippen LogP contribution is -2.42. The molecule has 2 N–H and O–H groups in total. The number of methoxy groups -OCH3 is 1. The molecule has 112 valence electrons. The van der Waals surface area contributed by atoms with E-state index in [0.29, 0.717) is 32.1 Å². The van der Waals surface area contributed by atoms with E-state index in [4.69, 9.17) is 9.47 Å². The van der Waals surface area contributed by atoms with Crippen molar-refractivity contribution in [3.8, 4) is 5.75 Å². The van der Waals surface area contributed by atoms with Gasteiger partial charge in [0.1, 0.15) is 11.8 Å². The summed E-state index contributed by atoms with van der Waals surface area (Å²) in [5.74, 6) is -0.134. The largest absolute Gasteiger partial charge is 0.495 e. The third-order valence-electron chi connectivity index (χ3n) is 3.87. The number of aromatic amines is 1. The summed E-state index contributed by atoms with van der Waals surface area (Å²) in [5, 5.41) is 10.5. The van der Waals surface area contributed by atoms with Crippen LogP contribution in [0.15, 0.2) is 24.4 Å². The molecule has 1 fully saturated rings. The maximum Gasteiger partial charge on any atom is 0.325 e. The monoisotopic (exact) mass is 290 g/mol. The van der Waals surface area contributed by atoms with Gasteiger partial charge >= 0.3 is 5.97 Å². The maximum atomic E-state index is 11.8. The second-order valence-electron chi connectivity index (χ2n) is 5.02. The number of aliphatic carboxylic acids is 1. The average Bonchev–Trinajstić information content (AvgIpc) is 2.92. The molecule has 1 aromatic carbocycles. The molecule has 0 radical (unpaired) electrons. The number of benzene rings is 1. The van der Waals surface area contributed by atoms with Crippen LogP contribution in [0, 0.1) is 0 Å². The molecular weight excluding hydrogens is 272 g/mol. The fourth-order valence-corrected chi connectivity index (χ4v) is 2.87. The molecule has 1 saturated heterocycles. The van der Waals surface area contributed by atoms with Gasteiger partial charge in [0, 0.05) is 30.2 Å². The molecule has 21 heavy (non-hydrogen) atoms. The van der Waals surface area contributed by atoms with E-state index >= 15 is 0 Å². The van der Waals surface area contributed by atoms with Crippen LogP contribution in [0.25, 0.3) is 10.9 Å². The standard InChI is InChI=1S/C15H18N2O4/c1-20-12-4-2-3-10-11(9-16-13(10)12)14(15(18)19)17-5-7-21-8-6-17/h2-4,9,14,16H,5-8H2,1H3,(H,18,19). The van der Waals surface area contributed by atoms with Crippen LogP contribution in [-0.2, 0) is 9.53 Å². The SMILES string of the molecule is COc1cccc2c(C(C(=O)O)N3CCOCC3)c[nH]c12. The van der Waals surface area contributed by atoms with E-state index in [1.165, 1.54) is 0 Å². The summed E-state index contributed by atoms with van der Waals surface area (Å²) in [5.41, 5.74) is 1.59. The Labute approximate surface area is 122 Å². The first kappa shape index (κ1) is 13.9. The van der Waals surface area contributed by atoms with Crippen molar-refractivity contribution >= 4 is 16.9 Å². The topological polar surface area (TPSA) is 74.8 Å². The van der Waals surface area contributed by atoms with E-state index in [2.05, 4.69) is 4.98 Å². The van der Waals surface area contributed by atoms with Crippen molar-refractivity contribution in [2.24, 2.45) is 0 Å². The molecule has 2 heterocycles. The number of hydrogen-bond donors (Lipinski definition) is 2. The molecule has 0 amide bonds. The molecule has 1 unspecified atom stereocenters. The zero-order valence-corrected chi connectivity index (χ0v) is 11.8. The summed E-state index contributed by atoms with van der Waals surface area (Å²) >= 11 is 0. The van der Waals surface area contributed by atoms with E-state index in [0.717, 1.165) is 16.5 Å². The lowest BCUT2D eigenvalue weighted by Gasteiger charge is -2.31. The van der Waals surface area contributed by atoms with Gasteiger partial charge in [0.15, 0.2) is 0 Å². The molecule has 0 bridgehead atoms. The molecule has 1 atom stereocenters. The molecule has 0 spiro atoms. The van der Waals surface area contributed by atoms with Gasteiger partial charge in [-0.15, -0.1) is 0 Å². The highest BCUT2D eigenvalue weighted by molar-refractivity contribution is 5.92. The first-order valence-corrected chi connectivity index (χ1v) is 6.91. The predicted molar refractivity (Wildman–Crippen MR) is 77.6 cm³/mol. The van der Waals surface area contributed by atoms with Gasteiger partial charge in [-0.2, -0.15) is 0 Å². The Bertz CT molecular complexity index is 646. The lowest BCUT2D eigenvalue weighted by molar-refractivity contribution is -0.145. The third kappa shape index (κ3) is 2.48. The van der Waals surface area contributed by atoms with E-state index in [9.17, 15) is 9.90 Å². The first-order valence-electron chi connectivity index (χ1n) is 6.91. The lowest BCUT2D eigenvalue weighted by atomic mass is 10.0. The number of para-hydroxylation sites is 1. The Morgan fingerprint density at radius 1 is 1.43 bits per heavy atom. The van der Waals surface area contributed by atoms with Gasteiger partial charge in [-0.25, -0.2) is 0 Å². The second kappa shape index (κ2) is 5.75. The van der Waals surface area contributed by atoms with Gasteiger partial charge in [0.2, 0.25) is 0 Å². The average molecular weight is 290 g/mol. The number of nitrogens with one attached hydrogen (secondary N) is 1. The number of nitrogens with zero attached hydrogens (tertiary/aromatic N) is 1. The van der Waals surface area contributed by atoms with E-state index in [1.54, 1.807) is 13.3 Å². The van der Waals surface area contributed by atoms with Crippen molar-refractivity contribution in [3.63, 3.8) is 0 Å². The number of carbonyl (C=O) groups is 1. The zero-order chi connectivity index (χ0) is 14.8. The molecule has 0 saturated carbocycles. The zero-order valence-electron chi connectivity index (χ0n) is 11.8. The summed E-state index contributed by atoms with van der Waals surface area (Å²) in [6, 6.07) is 4.97. The van der Waals surface area contributed by atoms with Crippen molar-refractivity contribution < 1.29 is 19.4 Å². The summed E-state index contributed by atoms with van der Waals surface area (Å²) in [6.07, 6.45) is 1.77. The molecular formula is C15H18N2O4. The number of H-pyrrole nitrogens is 1. The Morgan fingerprint density at radius 3 is 2.86 bits per heavy atom. The minimum Gasteiger partial charge on any atom is -0.495 e. The number of morpholine rings is 1. The molecule has 1 aromatic heterocycles.